The number of nitrogens with one attached hydrogen (secondary N) is 1. The third kappa shape index (κ3) is 1.75. The number of halogens is 1. The molecule has 0 aliphatic heterocycles. The number of esters is 1. The normalized spacial score (nSPS) is 9.46. The quantitative estimate of drug-likeness (QED) is 0.407. The molecule has 0 amide bonds. The van der Waals surface area contributed by atoms with E-state index in [1.165, 1.54) is 25.3 Å². The molecule has 0 heterocycles. The average Bonchev–Trinajstić information content (AvgIpc) is 2.17. The summed E-state index contributed by atoms with van der Waals surface area (Å²) < 4.78 is 17.6. The van der Waals surface area contributed by atoms with Crippen LogP contribution in [0.2, 0.25) is 0 Å². The minimum Gasteiger partial charge on any atom is -0.465 e. The van der Waals surface area contributed by atoms with Gasteiger partial charge in [0.2, 0.25) is 0 Å². The topological polar surface area (TPSA) is 64.3 Å². The summed E-state index contributed by atoms with van der Waals surface area (Å²) in [5.74, 6) is 3.58. The summed E-state index contributed by atoms with van der Waals surface area (Å²) in [6.45, 7) is 0. The second-order valence-electron chi connectivity index (χ2n) is 2.30. The van der Waals surface area contributed by atoms with E-state index in [0.717, 1.165) is 0 Å². The van der Waals surface area contributed by atoms with Gasteiger partial charge in [0.25, 0.3) is 0 Å². The van der Waals surface area contributed by atoms with Crippen molar-refractivity contribution in [1.82, 2.24) is 0 Å². The molecule has 0 bridgehead atoms. The molecule has 4 nitrogen and oxygen atoms in total. The molecule has 3 N–H and O–H groups in total. The molecule has 0 fully saturated rings. The Bertz CT molecular complexity index is 328. The molecule has 5 heteroatoms. The third-order valence-corrected chi connectivity index (χ3v) is 1.56. The maximum Gasteiger partial charge on any atom is 0.340 e. The highest BCUT2D eigenvalue weighted by atomic mass is 19.1. The van der Waals surface area contributed by atoms with Gasteiger partial charge in [-0.25, -0.2) is 9.18 Å². The van der Waals surface area contributed by atoms with E-state index < -0.39 is 11.8 Å². The highest BCUT2D eigenvalue weighted by Crippen LogP contribution is 2.17. The van der Waals surface area contributed by atoms with Gasteiger partial charge in [0.1, 0.15) is 0 Å². The van der Waals surface area contributed by atoms with Crippen molar-refractivity contribution in [2.45, 2.75) is 0 Å². The highest BCUT2D eigenvalue weighted by Gasteiger charge is 2.14. The summed E-state index contributed by atoms with van der Waals surface area (Å²) in [7, 11) is 1.18. The number of rotatable bonds is 2. The van der Waals surface area contributed by atoms with Crippen molar-refractivity contribution in [3.05, 3.63) is 29.6 Å². The molecule has 13 heavy (non-hydrogen) atoms. The van der Waals surface area contributed by atoms with E-state index in [1.54, 1.807) is 0 Å². The Morgan fingerprint density at radius 2 is 2.31 bits per heavy atom. The molecule has 0 atom stereocenters. The fraction of sp³-hybridized carbons (Fsp3) is 0.125. The number of carbonyl (C=O) groups is 1. The minimum atomic E-state index is -0.727. The van der Waals surface area contributed by atoms with Crippen LogP contribution in [0.15, 0.2) is 18.2 Å². The molecule has 1 aromatic rings. The fourth-order valence-electron chi connectivity index (χ4n) is 0.911. The molecule has 0 saturated heterocycles. The Hall–Kier alpha value is -1.62. The number of hydrazine groups is 1. The van der Waals surface area contributed by atoms with E-state index in [9.17, 15) is 9.18 Å². The van der Waals surface area contributed by atoms with Gasteiger partial charge >= 0.3 is 5.97 Å². The first-order chi connectivity index (χ1) is 6.20. The molecular weight excluding hydrogens is 175 g/mol. The van der Waals surface area contributed by atoms with E-state index in [1.807, 2.05) is 0 Å². The number of methoxy groups -OCH3 is 1. The number of carbonyl (C=O) groups excluding carboxylic acids is 1. The molecule has 0 radical (unpaired) electrons. The smallest absolute Gasteiger partial charge is 0.340 e. The summed E-state index contributed by atoms with van der Waals surface area (Å²) in [6.07, 6.45) is 0. The number of nitrogen functional groups attached to an aromatic ring is 1. The van der Waals surface area contributed by atoms with Crippen LogP contribution in [0.1, 0.15) is 10.4 Å². The zero-order chi connectivity index (χ0) is 9.84. The number of nitrogens with two attached hydrogens (primary N) is 1. The van der Waals surface area contributed by atoms with Gasteiger partial charge in [0, 0.05) is 0 Å². The number of benzene rings is 1. The van der Waals surface area contributed by atoms with Crippen molar-refractivity contribution in [2.24, 2.45) is 5.84 Å². The first kappa shape index (κ1) is 9.47. The van der Waals surface area contributed by atoms with Crippen molar-refractivity contribution in [2.75, 3.05) is 12.5 Å². The molecule has 1 rings (SSSR count). The first-order valence-corrected chi connectivity index (χ1v) is 3.54. The van der Waals surface area contributed by atoms with Crippen LogP contribution in [0.4, 0.5) is 10.1 Å². The van der Waals surface area contributed by atoms with Crippen molar-refractivity contribution < 1.29 is 13.9 Å². The van der Waals surface area contributed by atoms with Crippen LogP contribution in [0.3, 0.4) is 0 Å². The standard InChI is InChI=1S/C8H9FN2O2/c1-13-8(12)5-3-2-4-6(11-10)7(5)9/h2-4,11H,10H2,1H3. The van der Waals surface area contributed by atoms with Crippen molar-refractivity contribution in [3.8, 4) is 0 Å². The Kier molecular flexibility index (Phi) is 2.81. The average molecular weight is 184 g/mol. The van der Waals surface area contributed by atoms with Crippen LogP contribution >= 0.6 is 0 Å². The Balaban J connectivity index is 3.15. The second-order valence-corrected chi connectivity index (χ2v) is 2.30. The number of hydrogen-bond acceptors (Lipinski definition) is 4. The van der Waals surface area contributed by atoms with Gasteiger partial charge in [-0.15, -0.1) is 0 Å². The van der Waals surface area contributed by atoms with Gasteiger partial charge in [0.15, 0.2) is 5.82 Å². The zero-order valence-electron chi connectivity index (χ0n) is 7.00. The number of hydrogen-bond donors (Lipinski definition) is 2. The maximum absolute atomic E-state index is 13.3. The predicted molar refractivity (Wildman–Crippen MR) is 45.5 cm³/mol. The Morgan fingerprint density at radius 3 is 2.85 bits per heavy atom. The number of ether oxygens (including phenoxy) is 1. The van der Waals surface area contributed by atoms with Crippen LogP contribution in [0.5, 0.6) is 0 Å². The second kappa shape index (κ2) is 3.86. The van der Waals surface area contributed by atoms with Crippen molar-refractivity contribution in [1.29, 1.82) is 0 Å². The third-order valence-electron chi connectivity index (χ3n) is 1.56. The van der Waals surface area contributed by atoms with E-state index in [4.69, 9.17) is 5.84 Å². The van der Waals surface area contributed by atoms with E-state index in [0.29, 0.717) is 0 Å². The summed E-state index contributed by atoms with van der Waals surface area (Å²) in [5, 5.41) is 0. The first-order valence-electron chi connectivity index (χ1n) is 3.54. The lowest BCUT2D eigenvalue weighted by Crippen LogP contribution is -2.12. The van der Waals surface area contributed by atoms with Crippen molar-refractivity contribution >= 4 is 11.7 Å². The summed E-state index contributed by atoms with van der Waals surface area (Å²) in [5.41, 5.74) is 2.05. The zero-order valence-corrected chi connectivity index (χ0v) is 7.00. The monoisotopic (exact) mass is 184 g/mol. The van der Waals surface area contributed by atoms with E-state index in [2.05, 4.69) is 10.2 Å². The maximum atomic E-state index is 13.3. The van der Waals surface area contributed by atoms with Gasteiger partial charge in [-0.1, -0.05) is 6.07 Å². The van der Waals surface area contributed by atoms with Crippen LogP contribution in [-0.2, 0) is 4.74 Å². The molecule has 0 saturated carbocycles. The van der Waals surface area contributed by atoms with Gasteiger partial charge in [0.05, 0.1) is 18.4 Å². The molecule has 0 aromatic heterocycles. The minimum absolute atomic E-state index is 0.0582. The van der Waals surface area contributed by atoms with Gasteiger partial charge < -0.3 is 10.2 Å². The van der Waals surface area contributed by atoms with Crippen molar-refractivity contribution in [3.63, 3.8) is 0 Å². The van der Waals surface area contributed by atoms with Gasteiger partial charge in [-0.2, -0.15) is 0 Å². The lowest BCUT2D eigenvalue weighted by atomic mass is 10.2. The Morgan fingerprint density at radius 1 is 1.62 bits per heavy atom. The predicted octanol–water partition coefficient (Wildman–Crippen LogP) is 0.898. The lowest BCUT2D eigenvalue weighted by molar-refractivity contribution is 0.0595. The number of anilines is 1. The van der Waals surface area contributed by atoms with E-state index >= 15 is 0 Å². The molecule has 0 unspecified atom stereocenters. The Labute approximate surface area is 74.5 Å². The summed E-state index contributed by atoms with van der Waals surface area (Å²) in [4.78, 5) is 11.0. The van der Waals surface area contributed by atoms with Crippen LogP contribution in [-0.4, -0.2) is 13.1 Å². The highest BCUT2D eigenvalue weighted by molar-refractivity contribution is 5.90. The van der Waals surface area contributed by atoms with Gasteiger partial charge in [-0.3, -0.25) is 5.84 Å². The SMILES string of the molecule is COC(=O)c1cccc(NN)c1F. The van der Waals surface area contributed by atoms with Crippen LogP contribution in [0.25, 0.3) is 0 Å². The molecule has 0 spiro atoms. The summed E-state index contributed by atoms with van der Waals surface area (Å²) in [6, 6.07) is 4.24. The molecule has 0 aliphatic carbocycles. The largest absolute Gasteiger partial charge is 0.465 e. The van der Waals surface area contributed by atoms with Gasteiger partial charge in [-0.05, 0) is 12.1 Å². The molecule has 0 aliphatic rings. The summed E-state index contributed by atoms with van der Waals surface area (Å²) >= 11 is 0. The molecular formula is C8H9FN2O2. The molecule has 70 valence electrons. The lowest BCUT2D eigenvalue weighted by Gasteiger charge is -2.05. The fourth-order valence-corrected chi connectivity index (χ4v) is 0.911. The molecule has 1 aromatic carbocycles. The van der Waals surface area contributed by atoms with Crippen LogP contribution < -0.4 is 11.3 Å². The van der Waals surface area contributed by atoms with Crippen LogP contribution in [0, 0.1) is 5.82 Å². The van der Waals surface area contributed by atoms with E-state index in [-0.39, 0.29) is 11.3 Å².